The zero-order valence-electron chi connectivity index (χ0n) is 12.1. The van der Waals surface area contributed by atoms with Gasteiger partial charge in [-0.15, -0.1) is 0 Å². The highest BCUT2D eigenvalue weighted by Crippen LogP contribution is 2.35. The van der Waals surface area contributed by atoms with E-state index in [4.69, 9.17) is 14.2 Å². The second kappa shape index (κ2) is 6.30. The third-order valence-corrected chi connectivity index (χ3v) is 3.05. The van der Waals surface area contributed by atoms with Gasteiger partial charge in [-0.2, -0.15) is 18.3 Å². The number of hydrogen-bond donors (Lipinski definition) is 2. The predicted molar refractivity (Wildman–Crippen MR) is 73.9 cm³/mol. The number of fused-ring (bicyclic) bond motifs is 1. The molecule has 0 unspecified atom stereocenters. The van der Waals surface area contributed by atoms with Crippen LogP contribution in [0.2, 0.25) is 0 Å². The van der Waals surface area contributed by atoms with Gasteiger partial charge < -0.3 is 19.5 Å². The van der Waals surface area contributed by atoms with Crippen LogP contribution in [0.4, 0.5) is 13.2 Å². The van der Waals surface area contributed by atoms with Crippen molar-refractivity contribution in [2.75, 3.05) is 13.3 Å². The Hall–Kier alpha value is -2.91. The summed E-state index contributed by atoms with van der Waals surface area (Å²) in [6.07, 6.45) is -4.47. The standard InChI is InChI=1S/C14H12F3N3O4/c15-14(16,17)6-18-13(21)10-3-8(19-20-10)5-22-9-1-2-11-12(4-9)24-7-23-11/h1-4H,5-7H2,(H,18,21)(H,19,20). The molecule has 2 heterocycles. The summed E-state index contributed by atoms with van der Waals surface area (Å²) in [5.41, 5.74) is 0.286. The average molecular weight is 343 g/mol. The first-order valence-electron chi connectivity index (χ1n) is 6.82. The number of ether oxygens (including phenoxy) is 3. The lowest BCUT2D eigenvalue weighted by atomic mass is 10.3. The maximum atomic E-state index is 12.1. The molecule has 1 aliphatic heterocycles. The van der Waals surface area contributed by atoms with Crippen LogP contribution in [0.3, 0.4) is 0 Å². The van der Waals surface area contributed by atoms with Crippen LogP contribution in [0, 0.1) is 0 Å². The van der Waals surface area contributed by atoms with Crippen molar-refractivity contribution in [3.05, 3.63) is 35.7 Å². The molecule has 1 aromatic carbocycles. The molecule has 0 radical (unpaired) electrons. The van der Waals surface area contributed by atoms with Crippen LogP contribution in [0.15, 0.2) is 24.3 Å². The van der Waals surface area contributed by atoms with E-state index in [9.17, 15) is 18.0 Å². The van der Waals surface area contributed by atoms with Crippen LogP contribution in [0.5, 0.6) is 17.2 Å². The van der Waals surface area contributed by atoms with Gasteiger partial charge in [0.2, 0.25) is 6.79 Å². The summed E-state index contributed by atoms with van der Waals surface area (Å²) in [5.74, 6) is 0.770. The topological polar surface area (TPSA) is 85.5 Å². The number of benzene rings is 1. The molecule has 0 saturated heterocycles. The molecule has 0 bridgehead atoms. The molecule has 10 heteroatoms. The Kier molecular flexibility index (Phi) is 4.19. The SMILES string of the molecule is O=C(NCC(F)(F)F)c1cc(COc2ccc3c(c2)OCO3)[nH]n1. The average Bonchev–Trinajstić information content (AvgIpc) is 3.18. The Bertz CT molecular complexity index is 745. The third kappa shape index (κ3) is 3.89. The van der Waals surface area contributed by atoms with Crippen molar-refractivity contribution in [3.63, 3.8) is 0 Å². The largest absolute Gasteiger partial charge is 0.487 e. The Morgan fingerprint density at radius 2 is 2.08 bits per heavy atom. The molecule has 0 fully saturated rings. The molecule has 7 nitrogen and oxygen atoms in total. The first kappa shape index (κ1) is 16.0. The van der Waals surface area contributed by atoms with Gasteiger partial charge in [-0.25, -0.2) is 0 Å². The van der Waals surface area contributed by atoms with E-state index in [0.717, 1.165) is 0 Å². The number of aromatic nitrogens is 2. The van der Waals surface area contributed by atoms with Crippen LogP contribution in [0.25, 0.3) is 0 Å². The molecule has 2 N–H and O–H groups in total. The van der Waals surface area contributed by atoms with Gasteiger partial charge in [-0.05, 0) is 18.2 Å². The number of alkyl halides is 3. The number of nitrogens with one attached hydrogen (secondary N) is 2. The molecule has 0 spiro atoms. The highest BCUT2D eigenvalue weighted by atomic mass is 19.4. The summed E-state index contributed by atoms with van der Waals surface area (Å²) in [4.78, 5) is 11.5. The summed E-state index contributed by atoms with van der Waals surface area (Å²) in [6, 6.07) is 6.34. The van der Waals surface area contributed by atoms with Crippen molar-refractivity contribution >= 4 is 5.91 Å². The number of hydrogen-bond acceptors (Lipinski definition) is 5. The fourth-order valence-electron chi connectivity index (χ4n) is 1.95. The molecule has 128 valence electrons. The first-order chi connectivity index (χ1) is 11.4. The van der Waals surface area contributed by atoms with E-state index in [2.05, 4.69) is 10.2 Å². The van der Waals surface area contributed by atoms with Crippen molar-refractivity contribution in [2.24, 2.45) is 0 Å². The van der Waals surface area contributed by atoms with E-state index in [-0.39, 0.29) is 19.1 Å². The van der Waals surface area contributed by atoms with E-state index in [0.29, 0.717) is 22.9 Å². The van der Waals surface area contributed by atoms with Gasteiger partial charge in [0.05, 0.1) is 5.69 Å². The Morgan fingerprint density at radius 3 is 2.88 bits per heavy atom. The summed E-state index contributed by atoms with van der Waals surface area (Å²) in [6.45, 7) is -1.21. The molecule has 0 atom stereocenters. The molecule has 3 rings (SSSR count). The number of carbonyl (C=O) groups is 1. The van der Waals surface area contributed by atoms with Crippen molar-refractivity contribution in [3.8, 4) is 17.2 Å². The smallest absolute Gasteiger partial charge is 0.405 e. The quantitative estimate of drug-likeness (QED) is 0.867. The van der Waals surface area contributed by atoms with Gasteiger partial charge >= 0.3 is 6.18 Å². The molecule has 1 aromatic heterocycles. The van der Waals surface area contributed by atoms with E-state index in [1.165, 1.54) is 6.07 Å². The van der Waals surface area contributed by atoms with E-state index in [1.54, 1.807) is 23.5 Å². The van der Waals surface area contributed by atoms with Gasteiger partial charge in [0.15, 0.2) is 11.5 Å². The number of H-pyrrole nitrogens is 1. The summed E-state index contributed by atoms with van der Waals surface area (Å²) in [7, 11) is 0. The highest BCUT2D eigenvalue weighted by Gasteiger charge is 2.28. The zero-order valence-corrected chi connectivity index (χ0v) is 12.1. The second-order valence-electron chi connectivity index (χ2n) is 4.88. The van der Waals surface area contributed by atoms with E-state index >= 15 is 0 Å². The number of nitrogens with zero attached hydrogens (tertiary/aromatic N) is 1. The molecule has 1 amide bonds. The highest BCUT2D eigenvalue weighted by molar-refractivity contribution is 5.92. The summed E-state index contributed by atoms with van der Waals surface area (Å²) < 4.78 is 52.1. The predicted octanol–water partition coefficient (Wildman–Crippen LogP) is 2.01. The minimum absolute atomic E-state index is 0.0548. The lowest BCUT2D eigenvalue weighted by Gasteiger charge is -2.06. The molecular weight excluding hydrogens is 331 g/mol. The first-order valence-corrected chi connectivity index (χ1v) is 6.82. The minimum atomic E-state index is -4.47. The maximum Gasteiger partial charge on any atom is 0.405 e. The van der Waals surface area contributed by atoms with Gasteiger partial charge in [-0.1, -0.05) is 0 Å². The van der Waals surface area contributed by atoms with Gasteiger partial charge in [0.1, 0.15) is 24.6 Å². The normalized spacial score (nSPS) is 13.0. The van der Waals surface area contributed by atoms with Crippen LogP contribution in [-0.4, -0.2) is 35.6 Å². The Balaban J connectivity index is 1.55. The second-order valence-corrected chi connectivity index (χ2v) is 4.88. The van der Waals surface area contributed by atoms with E-state index in [1.807, 2.05) is 0 Å². The van der Waals surface area contributed by atoms with Crippen molar-refractivity contribution in [1.29, 1.82) is 0 Å². The number of carbonyl (C=O) groups excluding carboxylic acids is 1. The van der Waals surface area contributed by atoms with Crippen molar-refractivity contribution in [1.82, 2.24) is 15.5 Å². The molecule has 0 saturated carbocycles. The number of amides is 1. The lowest BCUT2D eigenvalue weighted by molar-refractivity contribution is -0.123. The Labute approximate surface area is 133 Å². The fourth-order valence-corrected chi connectivity index (χ4v) is 1.95. The van der Waals surface area contributed by atoms with Crippen molar-refractivity contribution < 1.29 is 32.2 Å². The summed E-state index contributed by atoms with van der Waals surface area (Å²) in [5, 5.41) is 7.93. The molecule has 24 heavy (non-hydrogen) atoms. The number of aromatic amines is 1. The Morgan fingerprint density at radius 1 is 1.29 bits per heavy atom. The molecular formula is C14H12F3N3O4. The van der Waals surface area contributed by atoms with Crippen LogP contribution >= 0.6 is 0 Å². The monoisotopic (exact) mass is 343 g/mol. The van der Waals surface area contributed by atoms with E-state index < -0.39 is 18.6 Å². The van der Waals surface area contributed by atoms with Crippen LogP contribution in [-0.2, 0) is 6.61 Å². The van der Waals surface area contributed by atoms with Crippen molar-refractivity contribution in [2.45, 2.75) is 12.8 Å². The van der Waals surface area contributed by atoms with Gasteiger partial charge in [0.25, 0.3) is 5.91 Å². The van der Waals surface area contributed by atoms with Gasteiger partial charge in [-0.3, -0.25) is 9.89 Å². The lowest BCUT2D eigenvalue weighted by Crippen LogP contribution is -2.33. The van der Waals surface area contributed by atoms with Crippen LogP contribution < -0.4 is 19.5 Å². The summed E-state index contributed by atoms with van der Waals surface area (Å²) >= 11 is 0. The molecule has 0 aliphatic carbocycles. The molecule has 2 aromatic rings. The number of rotatable bonds is 5. The number of halogens is 3. The zero-order chi connectivity index (χ0) is 17.2. The van der Waals surface area contributed by atoms with Crippen LogP contribution in [0.1, 0.15) is 16.2 Å². The fraction of sp³-hybridized carbons (Fsp3) is 0.286. The minimum Gasteiger partial charge on any atom is -0.487 e. The third-order valence-electron chi connectivity index (χ3n) is 3.05. The molecule has 1 aliphatic rings. The van der Waals surface area contributed by atoms with Gasteiger partial charge in [0, 0.05) is 6.07 Å². The maximum absolute atomic E-state index is 12.1.